The molecular formula is C32H37ClFN3O6S. The van der Waals surface area contributed by atoms with Gasteiger partial charge < -0.3 is 19.7 Å². The van der Waals surface area contributed by atoms with E-state index in [0.717, 1.165) is 48.5 Å². The molecule has 1 atom stereocenters. The van der Waals surface area contributed by atoms with E-state index >= 15 is 0 Å². The summed E-state index contributed by atoms with van der Waals surface area (Å²) in [4.78, 5) is 28.7. The Morgan fingerprint density at radius 1 is 0.977 bits per heavy atom. The summed E-state index contributed by atoms with van der Waals surface area (Å²) in [7, 11) is -1.59. The fourth-order valence-corrected chi connectivity index (χ4v) is 6.87. The van der Waals surface area contributed by atoms with Crippen molar-refractivity contribution in [2.24, 2.45) is 0 Å². The highest BCUT2D eigenvalue weighted by atomic mass is 35.5. The predicted octanol–water partition coefficient (Wildman–Crippen LogP) is 5.56. The third-order valence-electron chi connectivity index (χ3n) is 7.70. The van der Waals surface area contributed by atoms with E-state index in [1.54, 1.807) is 31.2 Å². The molecule has 0 aromatic heterocycles. The number of methoxy groups -OCH3 is 2. The van der Waals surface area contributed by atoms with Gasteiger partial charge in [-0.15, -0.1) is 0 Å². The normalized spacial score (nSPS) is 14.4. The van der Waals surface area contributed by atoms with E-state index in [2.05, 4.69) is 5.32 Å². The number of hydrogen-bond donors (Lipinski definition) is 1. The van der Waals surface area contributed by atoms with Crippen molar-refractivity contribution in [3.8, 4) is 11.5 Å². The molecule has 1 aliphatic carbocycles. The Bertz CT molecular complexity index is 1560. The molecule has 236 valence electrons. The summed E-state index contributed by atoms with van der Waals surface area (Å²) in [5, 5.41) is 3.52. The van der Waals surface area contributed by atoms with Crippen molar-refractivity contribution < 1.29 is 31.9 Å². The van der Waals surface area contributed by atoms with Gasteiger partial charge in [0.05, 0.1) is 24.8 Å². The van der Waals surface area contributed by atoms with Crippen molar-refractivity contribution in [2.75, 3.05) is 25.1 Å². The van der Waals surface area contributed by atoms with E-state index in [0.29, 0.717) is 16.3 Å². The molecule has 1 aliphatic rings. The second kappa shape index (κ2) is 14.8. The maximum absolute atomic E-state index is 14.1. The molecule has 0 radical (unpaired) electrons. The molecule has 1 fully saturated rings. The largest absolute Gasteiger partial charge is 0.493 e. The van der Waals surface area contributed by atoms with Gasteiger partial charge in [-0.05, 0) is 73.9 Å². The van der Waals surface area contributed by atoms with Crippen LogP contribution < -0.4 is 19.1 Å². The van der Waals surface area contributed by atoms with E-state index in [4.69, 9.17) is 21.1 Å². The molecule has 0 unspecified atom stereocenters. The fourth-order valence-electron chi connectivity index (χ4n) is 5.22. The van der Waals surface area contributed by atoms with Crippen LogP contribution in [0.25, 0.3) is 0 Å². The summed E-state index contributed by atoms with van der Waals surface area (Å²) in [5.74, 6) is -1.04. The lowest BCUT2D eigenvalue weighted by atomic mass is 9.95. The van der Waals surface area contributed by atoms with Gasteiger partial charge in [0, 0.05) is 23.7 Å². The molecule has 3 aromatic rings. The first kappa shape index (κ1) is 33.1. The van der Waals surface area contributed by atoms with Crippen LogP contribution in [0.15, 0.2) is 71.6 Å². The molecule has 0 saturated heterocycles. The number of nitrogens with zero attached hydrogens (tertiary/aromatic N) is 2. The van der Waals surface area contributed by atoms with Gasteiger partial charge in [0.25, 0.3) is 10.0 Å². The summed E-state index contributed by atoms with van der Waals surface area (Å²) in [6, 6.07) is 14.8. The van der Waals surface area contributed by atoms with Crippen molar-refractivity contribution in [3.05, 3.63) is 83.1 Å². The first-order chi connectivity index (χ1) is 21.0. The molecule has 0 aliphatic heterocycles. The molecular weight excluding hydrogens is 609 g/mol. The molecule has 0 bridgehead atoms. The highest BCUT2D eigenvalue weighted by Gasteiger charge is 2.33. The molecule has 9 nitrogen and oxygen atoms in total. The molecule has 2 amide bonds. The van der Waals surface area contributed by atoms with Crippen molar-refractivity contribution in [2.45, 2.75) is 62.6 Å². The number of nitrogens with one attached hydrogen (secondary N) is 1. The summed E-state index contributed by atoms with van der Waals surface area (Å²) < 4.78 is 53.5. The quantitative estimate of drug-likeness (QED) is 0.277. The van der Waals surface area contributed by atoms with Gasteiger partial charge >= 0.3 is 0 Å². The Balaban J connectivity index is 1.70. The molecule has 4 rings (SSSR count). The lowest BCUT2D eigenvalue weighted by molar-refractivity contribution is -0.139. The third-order valence-corrected chi connectivity index (χ3v) is 9.70. The van der Waals surface area contributed by atoms with Gasteiger partial charge in [-0.3, -0.25) is 13.9 Å². The van der Waals surface area contributed by atoms with Crippen LogP contribution in [0.1, 0.15) is 44.6 Å². The molecule has 44 heavy (non-hydrogen) atoms. The molecule has 0 heterocycles. The van der Waals surface area contributed by atoms with Crippen LogP contribution in [0.2, 0.25) is 5.02 Å². The van der Waals surface area contributed by atoms with Crippen molar-refractivity contribution >= 4 is 39.1 Å². The number of carbonyl (C=O) groups is 2. The molecule has 1 N–H and O–H groups in total. The maximum atomic E-state index is 14.1. The van der Waals surface area contributed by atoms with Gasteiger partial charge in [0.2, 0.25) is 11.8 Å². The second-order valence-electron chi connectivity index (χ2n) is 10.7. The van der Waals surface area contributed by atoms with Crippen molar-refractivity contribution in [1.82, 2.24) is 10.2 Å². The summed E-state index contributed by atoms with van der Waals surface area (Å²) in [5.41, 5.74) is 0.732. The number of anilines is 1. The van der Waals surface area contributed by atoms with Crippen LogP contribution in [-0.4, -0.2) is 58.0 Å². The Morgan fingerprint density at radius 2 is 1.66 bits per heavy atom. The fraction of sp³-hybridized carbons (Fsp3) is 0.375. The Labute approximate surface area is 262 Å². The van der Waals surface area contributed by atoms with E-state index in [1.807, 2.05) is 0 Å². The number of sulfonamides is 1. The van der Waals surface area contributed by atoms with Crippen LogP contribution in [0.5, 0.6) is 11.5 Å². The van der Waals surface area contributed by atoms with Crippen LogP contribution in [-0.2, 0) is 26.2 Å². The molecule has 0 spiro atoms. The third kappa shape index (κ3) is 8.00. The zero-order valence-electron chi connectivity index (χ0n) is 25.0. The number of carbonyl (C=O) groups excluding carboxylic acids is 2. The lowest BCUT2D eigenvalue weighted by Crippen LogP contribution is -2.53. The number of hydrogen-bond acceptors (Lipinski definition) is 6. The van der Waals surface area contributed by atoms with Gasteiger partial charge in [0.15, 0.2) is 11.5 Å². The maximum Gasteiger partial charge on any atom is 0.264 e. The highest BCUT2D eigenvalue weighted by Crippen LogP contribution is 2.32. The highest BCUT2D eigenvalue weighted by molar-refractivity contribution is 7.92. The average molecular weight is 646 g/mol. The molecule has 12 heteroatoms. The number of benzene rings is 3. The molecule has 3 aromatic carbocycles. The zero-order valence-corrected chi connectivity index (χ0v) is 26.5. The van der Waals surface area contributed by atoms with Crippen molar-refractivity contribution in [3.63, 3.8) is 0 Å². The average Bonchev–Trinajstić information content (AvgIpc) is 3.02. The van der Waals surface area contributed by atoms with E-state index < -0.39 is 34.3 Å². The van der Waals surface area contributed by atoms with Crippen molar-refractivity contribution in [1.29, 1.82) is 0 Å². The molecule has 1 saturated carbocycles. The minimum Gasteiger partial charge on any atom is -0.493 e. The van der Waals surface area contributed by atoms with Gasteiger partial charge in [-0.2, -0.15) is 0 Å². The van der Waals surface area contributed by atoms with Crippen LogP contribution >= 0.6 is 11.6 Å². The number of ether oxygens (including phenoxy) is 2. The van der Waals surface area contributed by atoms with Crippen LogP contribution in [0, 0.1) is 5.82 Å². The summed E-state index contributed by atoms with van der Waals surface area (Å²) >= 11 is 6.21. The zero-order chi connectivity index (χ0) is 31.9. The topological polar surface area (TPSA) is 105 Å². The lowest BCUT2D eigenvalue weighted by Gasteiger charge is -2.33. The summed E-state index contributed by atoms with van der Waals surface area (Å²) in [6.45, 7) is 0.960. The van der Waals surface area contributed by atoms with Gasteiger partial charge in [0.1, 0.15) is 18.4 Å². The van der Waals surface area contributed by atoms with E-state index in [-0.39, 0.29) is 34.8 Å². The Morgan fingerprint density at radius 3 is 2.30 bits per heavy atom. The van der Waals surface area contributed by atoms with E-state index in [9.17, 15) is 22.4 Å². The van der Waals surface area contributed by atoms with E-state index in [1.165, 1.54) is 49.5 Å². The van der Waals surface area contributed by atoms with Gasteiger partial charge in [-0.25, -0.2) is 12.8 Å². The minimum absolute atomic E-state index is 0.00626. The number of halogens is 2. The Kier molecular flexibility index (Phi) is 11.1. The smallest absolute Gasteiger partial charge is 0.264 e. The summed E-state index contributed by atoms with van der Waals surface area (Å²) in [6.07, 6.45) is 4.89. The van der Waals surface area contributed by atoms with Gasteiger partial charge in [-0.1, -0.05) is 43.0 Å². The standard InChI is InChI=1S/C32H37ClFN3O6S/c1-22(32(39)35-26-10-5-4-6-11-26)36(20-23-8-7-9-24(33)18-23)31(38)21-37(27-14-12-25(34)13-15-27)44(40,41)28-16-17-29(42-2)30(19-28)43-3/h7-9,12-19,22,26H,4-6,10-11,20-21H2,1-3H3,(H,35,39)/t22-/m0/s1. The van der Waals surface area contributed by atoms with Crippen LogP contribution in [0.3, 0.4) is 0 Å². The first-order valence-electron chi connectivity index (χ1n) is 14.4. The Hall–Kier alpha value is -3.83. The predicted molar refractivity (Wildman–Crippen MR) is 167 cm³/mol. The SMILES string of the molecule is COc1ccc(S(=O)(=O)N(CC(=O)N(Cc2cccc(Cl)c2)[C@@H](C)C(=O)NC2CCCCC2)c2ccc(F)cc2)cc1OC. The minimum atomic E-state index is -4.40. The van der Waals surface area contributed by atoms with Crippen LogP contribution in [0.4, 0.5) is 10.1 Å². The first-order valence-corrected chi connectivity index (χ1v) is 16.2. The number of amides is 2. The number of rotatable bonds is 12. The monoisotopic (exact) mass is 645 g/mol. The second-order valence-corrected chi connectivity index (χ2v) is 13.0.